The summed E-state index contributed by atoms with van der Waals surface area (Å²) in [5.41, 5.74) is 0. The van der Waals surface area contributed by atoms with Gasteiger partial charge < -0.3 is 39.0 Å². The first-order chi connectivity index (χ1) is 36.6. The fourth-order valence-electron chi connectivity index (χ4n) is 8.75. The van der Waals surface area contributed by atoms with Crippen LogP contribution in [0.4, 0.5) is 0 Å². The highest BCUT2D eigenvalue weighted by Crippen LogP contribution is 2.26. The highest BCUT2D eigenvalue weighted by Gasteiger charge is 2.50. The summed E-state index contributed by atoms with van der Waals surface area (Å²) in [6, 6.07) is 0. The molecule has 0 aliphatic carbocycles. The molecule has 1 rings (SSSR count). The van der Waals surface area contributed by atoms with Gasteiger partial charge in [-0.05, 0) is 57.8 Å². The summed E-state index contributed by atoms with van der Waals surface area (Å²) in [5, 5.41) is 31.4. The van der Waals surface area contributed by atoms with Crippen LogP contribution in [0, 0.1) is 0 Å². The van der Waals surface area contributed by atoms with E-state index in [1.165, 1.54) is 109 Å². The fraction of sp³-hybridized carbons (Fsp3) is 0.746. The van der Waals surface area contributed by atoms with Crippen LogP contribution in [0.1, 0.15) is 252 Å². The van der Waals surface area contributed by atoms with Crippen molar-refractivity contribution in [1.29, 1.82) is 0 Å². The molecule has 75 heavy (non-hydrogen) atoms. The van der Waals surface area contributed by atoms with Gasteiger partial charge in [-0.25, -0.2) is 4.79 Å². The molecule has 1 aliphatic heterocycles. The van der Waals surface area contributed by atoms with Crippen molar-refractivity contribution in [1.82, 2.24) is 0 Å². The summed E-state index contributed by atoms with van der Waals surface area (Å²) in [4.78, 5) is 51.0. The zero-order valence-electron chi connectivity index (χ0n) is 47.3. The SMILES string of the molecule is CC/C=C\C/C=C\C/C=C\C/C=C\C/C=C\C/C=C\CCC(=O)OCC(COC1OC(C(=O)O)C(O)C(O)C1OC(=O)CCCCCCCCCCC)OC(=O)CCCCCCCCCCCCCCCCCCC. The number of carboxylic acids is 1. The molecule has 0 saturated carbocycles. The van der Waals surface area contributed by atoms with E-state index in [1.54, 1.807) is 0 Å². The quantitative estimate of drug-likeness (QED) is 0.0228. The van der Waals surface area contributed by atoms with Gasteiger partial charge in [-0.2, -0.15) is 0 Å². The Bertz CT molecular complexity index is 1580. The van der Waals surface area contributed by atoms with Crippen LogP contribution in [0.15, 0.2) is 72.9 Å². The van der Waals surface area contributed by atoms with Crippen LogP contribution in [0.5, 0.6) is 0 Å². The summed E-state index contributed by atoms with van der Waals surface area (Å²) < 4.78 is 28.3. The van der Waals surface area contributed by atoms with E-state index in [-0.39, 0.29) is 25.9 Å². The van der Waals surface area contributed by atoms with Crippen LogP contribution < -0.4 is 0 Å². The molecule has 1 saturated heterocycles. The number of unbranched alkanes of at least 4 members (excludes halogenated alkanes) is 24. The Morgan fingerprint density at radius 2 is 0.840 bits per heavy atom. The van der Waals surface area contributed by atoms with Crippen molar-refractivity contribution < 1.29 is 58.2 Å². The van der Waals surface area contributed by atoms with E-state index in [1.807, 2.05) is 12.2 Å². The van der Waals surface area contributed by atoms with Crippen LogP contribution in [0.2, 0.25) is 0 Å². The number of aliphatic hydroxyl groups excluding tert-OH is 2. The number of esters is 3. The van der Waals surface area contributed by atoms with Crippen LogP contribution in [0.25, 0.3) is 0 Å². The summed E-state index contributed by atoms with van der Waals surface area (Å²) in [6.45, 7) is 5.79. The second-order valence-corrected chi connectivity index (χ2v) is 20.3. The zero-order chi connectivity index (χ0) is 54.7. The van der Waals surface area contributed by atoms with Crippen molar-refractivity contribution in [2.75, 3.05) is 13.2 Å². The molecule has 12 nitrogen and oxygen atoms in total. The standard InChI is InChI=1S/C63H106O12/c1-4-7-10-13-16-19-21-23-25-27-28-30-31-33-35-38-40-43-46-49-55(64)71-52-54(73-56(65)50-47-44-42-39-36-34-32-29-26-24-22-20-17-14-11-8-5-2)53-72-63-61(59(68)58(67)60(75-63)62(69)70)74-57(66)51-48-45-41-37-18-15-12-9-6-3/h7,10,16,19,23,25,28,30,33,35,40,43,54,58-61,63,67-68H,4-6,8-9,11-15,17-18,20-22,24,26-27,29,31-32,34,36-39,41-42,44-53H2,1-3H3,(H,69,70)/b10-7-,19-16-,25-23-,30-28-,35-33-,43-40-. The van der Waals surface area contributed by atoms with E-state index in [2.05, 4.69) is 81.5 Å². The molecule has 0 bridgehead atoms. The van der Waals surface area contributed by atoms with Gasteiger partial charge in [0.1, 0.15) is 18.8 Å². The summed E-state index contributed by atoms with van der Waals surface area (Å²) in [7, 11) is 0. The highest BCUT2D eigenvalue weighted by atomic mass is 16.7. The Kier molecular flexibility index (Phi) is 47.0. The van der Waals surface area contributed by atoms with Crippen LogP contribution >= 0.6 is 0 Å². The molecular formula is C63H106O12. The molecule has 6 unspecified atom stereocenters. The highest BCUT2D eigenvalue weighted by molar-refractivity contribution is 5.74. The number of rotatable bonds is 50. The first-order valence-corrected chi connectivity index (χ1v) is 29.9. The van der Waals surface area contributed by atoms with Gasteiger partial charge in [-0.3, -0.25) is 14.4 Å². The van der Waals surface area contributed by atoms with Gasteiger partial charge in [0.25, 0.3) is 0 Å². The normalized spacial score (nSPS) is 18.7. The number of allylic oxidation sites excluding steroid dienone is 12. The van der Waals surface area contributed by atoms with Crippen LogP contribution in [-0.2, 0) is 42.9 Å². The maximum Gasteiger partial charge on any atom is 0.335 e. The number of carbonyl (C=O) groups excluding carboxylic acids is 3. The lowest BCUT2D eigenvalue weighted by atomic mass is 9.98. The molecular weight excluding hydrogens is 949 g/mol. The number of hydrogen-bond acceptors (Lipinski definition) is 11. The Balaban J connectivity index is 2.70. The summed E-state index contributed by atoms with van der Waals surface area (Å²) >= 11 is 0. The van der Waals surface area contributed by atoms with Crippen LogP contribution in [-0.4, -0.2) is 89.2 Å². The third-order valence-corrected chi connectivity index (χ3v) is 13.3. The molecule has 0 aromatic carbocycles. The molecule has 6 atom stereocenters. The average molecular weight is 1060 g/mol. The second kappa shape index (κ2) is 50.9. The summed E-state index contributed by atoms with van der Waals surface area (Å²) in [5.74, 6) is -3.22. The number of aliphatic hydroxyl groups is 2. The predicted octanol–water partition coefficient (Wildman–Crippen LogP) is 15.3. The maximum absolute atomic E-state index is 13.1. The number of aliphatic carboxylic acids is 1. The van der Waals surface area contributed by atoms with Crippen molar-refractivity contribution in [3.8, 4) is 0 Å². The van der Waals surface area contributed by atoms with Gasteiger partial charge in [0.05, 0.1) is 6.61 Å². The molecule has 0 aromatic heterocycles. The van der Waals surface area contributed by atoms with E-state index in [0.29, 0.717) is 19.3 Å². The zero-order valence-corrected chi connectivity index (χ0v) is 47.3. The minimum atomic E-state index is -1.91. The van der Waals surface area contributed by atoms with Gasteiger partial charge in [0.2, 0.25) is 0 Å². The molecule has 0 amide bonds. The molecule has 0 radical (unpaired) electrons. The molecule has 12 heteroatoms. The Labute approximate surface area is 455 Å². The van der Waals surface area contributed by atoms with Gasteiger partial charge in [0, 0.05) is 19.3 Å². The smallest absolute Gasteiger partial charge is 0.335 e. The Morgan fingerprint density at radius 3 is 1.25 bits per heavy atom. The average Bonchev–Trinajstić information content (AvgIpc) is 3.39. The lowest BCUT2D eigenvalue weighted by Gasteiger charge is -2.40. The van der Waals surface area contributed by atoms with Crippen molar-refractivity contribution in [3.05, 3.63) is 72.9 Å². The lowest BCUT2D eigenvalue weighted by Crippen LogP contribution is -2.61. The molecule has 0 aromatic rings. The predicted molar refractivity (Wildman–Crippen MR) is 303 cm³/mol. The minimum Gasteiger partial charge on any atom is -0.479 e. The molecule has 430 valence electrons. The van der Waals surface area contributed by atoms with E-state index >= 15 is 0 Å². The second-order valence-electron chi connectivity index (χ2n) is 20.3. The van der Waals surface area contributed by atoms with Gasteiger partial charge in [0.15, 0.2) is 24.6 Å². The van der Waals surface area contributed by atoms with Gasteiger partial charge >= 0.3 is 23.9 Å². The van der Waals surface area contributed by atoms with E-state index in [0.717, 1.165) is 83.5 Å². The van der Waals surface area contributed by atoms with Crippen molar-refractivity contribution >= 4 is 23.9 Å². The Hall–Kier alpha value is -3.84. The molecule has 0 spiro atoms. The largest absolute Gasteiger partial charge is 0.479 e. The maximum atomic E-state index is 13.1. The monoisotopic (exact) mass is 1050 g/mol. The number of hydrogen-bond donors (Lipinski definition) is 3. The van der Waals surface area contributed by atoms with Gasteiger partial charge in [-0.15, -0.1) is 0 Å². The number of ether oxygens (including phenoxy) is 5. The summed E-state index contributed by atoms with van der Waals surface area (Å²) in [6.07, 6.45) is 51.9. The lowest BCUT2D eigenvalue weighted by molar-refractivity contribution is -0.301. The van der Waals surface area contributed by atoms with Crippen LogP contribution in [0.3, 0.4) is 0 Å². The fourth-order valence-corrected chi connectivity index (χ4v) is 8.75. The topological polar surface area (TPSA) is 175 Å². The van der Waals surface area contributed by atoms with Crippen molar-refractivity contribution in [3.63, 3.8) is 0 Å². The number of carboxylic acid groups (broad SMARTS) is 1. The van der Waals surface area contributed by atoms with E-state index in [4.69, 9.17) is 23.7 Å². The van der Waals surface area contributed by atoms with Crippen molar-refractivity contribution in [2.24, 2.45) is 0 Å². The molecule has 3 N–H and O–H groups in total. The van der Waals surface area contributed by atoms with E-state index in [9.17, 15) is 34.5 Å². The first kappa shape index (κ1) is 69.2. The van der Waals surface area contributed by atoms with Crippen molar-refractivity contribution in [2.45, 2.75) is 289 Å². The third-order valence-electron chi connectivity index (χ3n) is 13.3. The van der Waals surface area contributed by atoms with E-state index < -0.39 is 67.3 Å². The Morgan fingerprint density at radius 1 is 0.453 bits per heavy atom. The minimum absolute atomic E-state index is 0.0540. The third kappa shape index (κ3) is 41.0. The first-order valence-electron chi connectivity index (χ1n) is 29.9. The van der Waals surface area contributed by atoms with Gasteiger partial charge in [-0.1, -0.05) is 248 Å². The number of carbonyl (C=O) groups is 4. The molecule has 1 fully saturated rings. The molecule has 1 heterocycles. The molecule has 1 aliphatic rings.